The van der Waals surface area contributed by atoms with E-state index < -0.39 is 0 Å². The maximum atomic E-state index is 12.0. The van der Waals surface area contributed by atoms with Crippen molar-refractivity contribution in [1.82, 2.24) is 0 Å². The largest absolute Gasteiger partial charge is 0.497 e. The zero-order chi connectivity index (χ0) is 14.5. The van der Waals surface area contributed by atoms with Gasteiger partial charge in [0.1, 0.15) is 11.5 Å². The molecule has 0 aliphatic carbocycles. The number of aryl methyl sites for hydroxylation is 1. The third kappa shape index (κ3) is 3.52. The first-order chi connectivity index (χ1) is 9.60. The lowest BCUT2D eigenvalue weighted by atomic mass is 10.1. The average molecular weight is 291 g/mol. The van der Waals surface area contributed by atoms with Crippen molar-refractivity contribution in [3.05, 3.63) is 58.6 Å². The Morgan fingerprint density at radius 2 is 1.85 bits per heavy atom. The van der Waals surface area contributed by atoms with Crippen molar-refractivity contribution >= 4 is 17.4 Å². The lowest BCUT2D eigenvalue weighted by Crippen LogP contribution is -2.11. The molecule has 20 heavy (non-hydrogen) atoms. The molecule has 3 nitrogen and oxygen atoms in total. The lowest BCUT2D eigenvalue weighted by Gasteiger charge is -2.08. The second-order valence-electron chi connectivity index (χ2n) is 4.37. The molecule has 0 fully saturated rings. The van der Waals surface area contributed by atoms with Crippen LogP contribution in [0.5, 0.6) is 11.5 Å². The molecule has 0 amide bonds. The van der Waals surface area contributed by atoms with Crippen molar-refractivity contribution in [2.45, 2.75) is 6.92 Å². The fourth-order valence-electron chi connectivity index (χ4n) is 1.72. The first-order valence-corrected chi connectivity index (χ1v) is 6.54. The minimum Gasteiger partial charge on any atom is -0.497 e. The normalized spacial score (nSPS) is 10.2. The molecule has 2 rings (SSSR count). The van der Waals surface area contributed by atoms with E-state index in [1.807, 2.05) is 19.1 Å². The number of halogens is 1. The standard InChI is InChI=1S/C16H15ClO3/c1-11-3-8-14(17)16(9-11)20-10-15(18)12-4-6-13(19-2)7-5-12/h3-9H,10H2,1-2H3. The molecule has 0 saturated carbocycles. The fraction of sp³-hybridized carbons (Fsp3) is 0.188. The average Bonchev–Trinajstić information content (AvgIpc) is 2.48. The Labute approximate surface area is 123 Å². The van der Waals surface area contributed by atoms with E-state index in [0.717, 1.165) is 5.56 Å². The Balaban J connectivity index is 2.02. The predicted octanol–water partition coefficient (Wildman–Crippen LogP) is 3.92. The van der Waals surface area contributed by atoms with E-state index in [-0.39, 0.29) is 12.4 Å². The number of hydrogen-bond acceptors (Lipinski definition) is 3. The number of methoxy groups -OCH3 is 1. The SMILES string of the molecule is COc1ccc(C(=O)COc2cc(C)ccc2Cl)cc1. The second-order valence-corrected chi connectivity index (χ2v) is 4.78. The molecular formula is C16H15ClO3. The summed E-state index contributed by atoms with van der Waals surface area (Å²) in [5, 5.41) is 0.498. The molecule has 2 aromatic rings. The first-order valence-electron chi connectivity index (χ1n) is 6.16. The fourth-order valence-corrected chi connectivity index (χ4v) is 1.90. The summed E-state index contributed by atoms with van der Waals surface area (Å²) in [6.07, 6.45) is 0. The number of ether oxygens (including phenoxy) is 2. The van der Waals surface area contributed by atoms with Gasteiger partial charge in [0.05, 0.1) is 12.1 Å². The van der Waals surface area contributed by atoms with E-state index in [0.29, 0.717) is 22.1 Å². The topological polar surface area (TPSA) is 35.5 Å². The van der Waals surface area contributed by atoms with E-state index in [2.05, 4.69) is 0 Å². The maximum absolute atomic E-state index is 12.0. The van der Waals surface area contributed by atoms with E-state index in [4.69, 9.17) is 21.1 Å². The summed E-state index contributed by atoms with van der Waals surface area (Å²) in [6.45, 7) is 1.89. The molecule has 0 heterocycles. The predicted molar refractivity (Wildman–Crippen MR) is 79.0 cm³/mol. The molecule has 0 aliphatic heterocycles. The van der Waals surface area contributed by atoms with Gasteiger partial charge < -0.3 is 9.47 Å². The van der Waals surface area contributed by atoms with Crippen LogP contribution in [0, 0.1) is 6.92 Å². The highest BCUT2D eigenvalue weighted by Gasteiger charge is 2.09. The van der Waals surface area contributed by atoms with Gasteiger partial charge in [-0.2, -0.15) is 0 Å². The molecule has 104 valence electrons. The molecule has 0 bridgehead atoms. The zero-order valence-corrected chi connectivity index (χ0v) is 12.1. The van der Waals surface area contributed by atoms with E-state index >= 15 is 0 Å². The highest BCUT2D eigenvalue weighted by atomic mass is 35.5. The van der Waals surface area contributed by atoms with Crippen molar-refractivity contribution in [3.63, 3.8) is 0 Å². The number of carbonyl (C=O) groups is 1. The summed E-state index contributed by atoms with van der Waals surface area (Å²) < 4.78 is 10.5. The summed E-state index contributed by atoms with van der Waals surface area (Å²) in [4.78, 5) is 12.0. The Morgan fingerprint density at radius 1 is 1.15 bits per heavy atom. The minimum atomic E-state index is -0.106. The van der Waals surface area contributed by atoms with Gasteiger partial charge in [-0.3, -0.25) is 4.79 Å². The Kier molecular flexibility index (Phi) is 4.64. The third-order valence-electron chi connectivity index (χ3n) is 2.86. The van der Waals surface area contributed by atoms with Crippen LogP contribution in [0.3, 0.4) is 0 Å². The molecule has 0 atom stereocenters. The lowest BCUT2D eigenvalue weighted by molar-refractivity contribution is 0.0921. The number of Topliss-reactive ketones (excluding diaryl/α,β-unsaturated/α-hetero) is 1. The number of benzene rings is 2. The Hall–Kier alpha value is -2.00. The van der Waals surface area contributed by atoms with Gasteiger partial charge >= 0.3 is 0 Å². The van der Waals surface area contributed by atoms with Crippen LogP contribution in [0.25, 0.3) is 0 Å². The van der Waals surface area contributed by atoms with Crippen molar-refractivity contribution in [2.24, 2.45) is 0 Å². The summed E-state index contributed by atoms with van der Waals surface area (Å²) in [5.74, 6) is 1.13. The molecule has 0 saturated heterocycles. The first kappa shape index (κ1) is 14.4. The second kappa shape index (κ2) is 6.44. The molecule has 0 N–H and O–H groups in total. The van der Waals surface area contributed by atoms with Crippen LogP contribution in [0.15, 0.2) is 42.5 Å². The molecular weight excluding hydrogens is 276 g/mol. The van der Waals surface area contributed by atoms with Crippen LogP contribution in [0.4, 0.5) is 0 Å². The van der Waals surface area contributed by atoms with Crippen molar-refractivity contribution in [3.8, 4) is 11.5 Å². The Morgan fingerprint density at radius 3 is 2.50 bits per heavy atom. The van der Waals surface area contributed by atoms with Crippen LogP contribution >= 0.6 is 11.6 Å². The van der Waals surface area contributed by atoms with Gasteiger partial charge in [-0.25, -0.2) is 0 Å². The number of carbonyl (C=O) groups excluding carboxylic acids is 1. The molecule has 0 unspecified atom stereocenters. The van der Waals surface area contributed by atoms with Crippen molar-refractivity contribution < 1.29 is 14.3 Å². The molecule has 4 heteroatoms. The van der Waals surface area contributed by atoms with Gasteiger partial charge in [0, 0.05) is 5.56 Å². The Bertz CT molecular complexity index is 606. The summed E-state index contributed by atoms with van der Waals surface area (Å²) >= 11 is 6.01. The highest BCUT2D eigenvalue weighted by Crippen LogP contribution is 2.25. The third-order valence-corrected chi connectivity index (χ3v) is 3.17. The summed E-state index contributed by atoms with van der Waals surface area (Å²) in [5.41, 5.74) is 1.61. The highest BCUT2D eigenvalue weighted by molar-refractivity contribution is 6.32. The summed E-state index contributed by atoms with van der Waals surface area (Å²) in [7, 11) is 1.58. The summed E-state index contributed by atoms with van der Waals surface area (Å²) in [6, 6.07) is 12.4. The van der Waals surface area contributed by atoms with Crippen LogP contribution in [0.1, 0.15) is 15.9 Å². The van der Waals surface area contributed by atoms with Gasteiger partial charge in [-0.1, -0.05) is 17.7 Å². The van der Waals surface area contributed by atoms with Gasteiger partial charge in [0.2, 0.25) is 0 Å². The molecule has 0 aliphatic rings. The number of ketones is 1. The van der Waals surface area contributed by atoms with Crippen LogP contribution in [-0.2, 0) is 0 Å². The van der Waals surface area contributed by atoms with E-state index in [9.17, 15) is 4.79 Å². The molecule has 0 radical (unpaired) electrons. The van der Waals surface area contributed by atoms with Crippen molar-refractivity contribution in [1.29, 1.82) is 0 Å². The van der Waals surface area contributed by atoms with Gasteiger partial charge in [0.15, 0.2) is 12.4 Å². The van der Waals surface area contributed by atoms with Gasteiger partial charge in [-0.15, -0.1) is 0 Å². The van der Waals surface area contributed by atoms with Crippen molar-refractivity contribution in [2.75, 3.05) is 13.7 Å². The number of hydrogen-bond donors (Lipinski definition) is 0. The maximum Gasteiger partial charge on any atom is 0.200 e. The smallest absolute Gasteiger partial charge is 0.200 e. The molecule has 2 aromatic carbocycles. The van der Waals surface area contributed by atoms with Crippen LogP contribution < -0.4 is 9.47 Å². The van der Waals surface area contributed by atoms with Crippen LogP contribution in [-0.4, -0.2) is 19.5 Å². The van der Waals surface area contributed by atoms with Gasteiger partial charge in [-0.05, 0) is 48.9 Å². The van der Waals surface area contributed by atoms with E-state index in [1.54, 1.807) is 37.4 Å². The minimum absolute atomic E-state index is 0.0461. The zero-order valence-electron chi connectivity index (χ0n) is 11.4. The quantitative estimate of drug-likeness (QED) is 0.783. The molecule has 0 spiro atoms. The van der Waals surface area contributed by atoms with Gasteiger partial charge in [0.25, 0.3) is 0 Å². The molecule has 0 aromatic heterocycles. The van der Waals surface area contributed by atoms with Crippen LogP contribution in [0.2, 0.25) is 5.02 Å². The number of rotatable bonds is 5. The monoisotopic (exact) mass is 290 g/mol. The van der Waals surface area contributed by atoms with E-state index in [1.165, 1.54) is 0 Å².